The lowest BCUT2D eigenvalue weighted by atomic mass is 9.48. The van der Waals surface area contributed by atoms with E-state index in [-0.39, 0.29) is 28.6 Å². The number of rotatable bonds is 4. The van der Waals surface area contributed by atoms with Crippen LogP contribution >= 0.6 is 0 Å². The molecule has 28 heavy (non-hydrogen) atoms. The summed E-state index contributed by atoms with van der Waals surface area (Å²) in [6, 6.07) is 0.0774. The number of hydrogen-bond acceptors (Lipinski definition) is 4. The Labute approximate surface area is 164 Å². The Morgan fingerprint density at radius 2 is 1.89 bits per heavy atom. The average Bonchev–Trinajstić information content (AvgIpc) is 2.93. The van der Waals surface area contributed by atoms with E-state index in [1.54, 1.807) is 14.0 Å². The number of aromatic nitrogens is 2. The van der Waals surface area contributed by atoms with Gasteiger partial charge in [0.05, 0.1) is 5.56 Å². The van der Waals surface area contributed by atoms with Crippen LogP contribution in [-0.2, 0) is 7.05 Å². The Balaban J connectivity index is 1.36. The van der Waals surface area contributed by atoms with Gasteiger partial charge in [-0.15, -0.1) is 0 Å². The van der Waals surface area contributed by atoms with Crippen LogP contribution in [0.25, 0.3) is 11.1 Å². The number of aryl methyl sites for hydroxylation is 2. The van der Waals surface area contributed by atoms with Crippen molar-refractivity contribution in [1.82, 2.24) is 14.9 Å². The van der Waals surface area contributed by atoms with Crippen molar-refractivity contribution in [2.45, 2.75) is 64.8 Å². The van der Waals surface area contributed by atoms with Gasteiger partial charge in [-0.1, -0.05) is 0 Å². The van der Waals surface area contributed by atoms with E-state index in [1.165, 1.54) is 49.4 Å². The number of nitrogens with zero attached hydrogens (tertiary/aromatic N) is 2. The number of furan rings is 1. The van der Waals surface area contributed by atoms with Crippen LogP contribution in [0.5, 0.6) is 0 Å². The molecule has 1 N–H and O–H groups in total. The molecule has 0 spiro atoms. The first-order chi connectivity index (χ1) is 13.3. The molecule has 0 radical (unpaired) electrons. The molecular weight excluding hydrogens is 354 g/mol. The minimum atomic E-state index is -0.249. The number of fused-ring (bicyclic) bond motifs is 1. The van der Waals surface area contributed by atoms with Crippen molar-refractivity contribution in [3.63, 3.8) is 0 Å². The zero-order valence-corrected chi connectivity index (χ0v) is 17.0. The van der Waals surface area contributed by atoms with Gasteiger partial charge in [0.25, 0.3) is 11.5 Å². The fourth-order valence-corrected chi connectivity index (χ4v) is 7.00. The lowest BCUT2D eigenvalue weighted by Crippen LogP contribution is -2.49. The van der Waals surface area contributed by atoms with Gasteiger partial charge >= 0.3 is 0 Å². The van der Waals surface area contributed by atoms with Gasteiger partial charge in [0.2, 0.25) is 5.71 Å². The third-order valence-corrected chi connectivity index (χ3v) is 7.46. The summed E-state index contributed by atoms with van der Waals surface area (Å²) < 4.78 is 6.97. The smallest absolute Gasteiger partial charge is 0.265 e. The molecule has 0 saturated heterocycles. The third kappa shape index (κ3) is 2.80. The third-order valence-electron chi connectivity index (χ3n) is 7.46. The molecule has 4 aliphatic rings. The van der Waals surface area contributed by atoms with Crippen molar-refractivity contribution < 1.29 is 9.21 Å². The van der Waals surface area contributed by atoms with Crippen LogP contribution in [0.1, 0.15) is 68.0 Å². The highest BCUT2D eigenvalue weighted by atomic mass is 16.3. The predicted octanol–water partition coefficient (Wildman–Crippen LogP) is 3.56. The topological polar surface area (TPSA) is 77.1 Å². The zero-order chi connectivity index (χ0) is 19.6. The van der Waals surface area contributed by atoms with E-state index >= 15 is 0 Å². The summed E-state index contributed by atoms with van der Waals surface area (Å²) in [4.78, 5) is 29.7. The average molecular weight is 383 g/mol. The number of carbonyl (C=O) groups excluding carboxylic acids is 1. The van der Waals surface area contributed by atoms with E-state index in [0.29, 0.717) is 16.7 Å². The summed E-state index contributed by atoms with van der Waals surface area (Å²) in [6.45, 7) is 3.82. The molecule has 4 fully saturated rings. The number of hydrogen-bond donors (Lipinski definition) is 1. The second-order valence-electron chi connectivity index (χ2n) is 9.87. The highest BCUT2D eigenvalue weighted by Gasteiger charge is 2.51. The van der Waals surface area contributed by atoms with E-state index in [9.17, 15) is 9.59 Å². The molecule has 2 aromatic heterocycles. The molecule has 1 atom stereocenters. The first-order valence-corrected chi connectivity index (χ1v) is 10.6. The van der Waals surface area contributed by atoms with Crippen LogP contribution in [0.4, 0.5) is 0 Å². The van der Waals surface area contributed by atoms with Crippen molar-refractivity contribution in [3.05, 3.63) is 28.0 Å². The molecule has 2 heterocycles. The minimum Gasteiger partial charge on any atom is -0.442 e. The van der Waals surface area contributed by atoms with Gasteiger partial charge in [0, 0.05) is 13.1 Å². The maximum atomic E-state index is 13.1. The molecule has 0 aliphatic heterocycles. The van der Waals surface area contributed by atoms with Gasteiger partial charge in [-0.05, 0) is 82.0 Å². The highest BCUT2D eigenvalue weighted by molar-refractivity contribution is 6.06. The molecule has 6 nitrogen and oxygen atoms in total. The molecule has 150 valence electrons. The highest BCUT2D eigenvalue weighted by Crippen LogP contribution is 2.61. The standard InChI is InChI=1S/C22H29N3O3/c1-12(7-22-8-14-4-15(9-22)6-16(5-14)10-22)24-19(26)17-13(2)28-20-18(17)21(27)25(3)11-23-20/h11-12,14-16H,4-10H2,1-3H3,(H,24,26). The first kappa shape index (κ1) is 18.0. The zero-order valence-electron chi connectivity index (χ0n) is 17.0. The summed E-state index contributed by atoms with van der Waals surface area (Å²) in [6.07, 6.45) is 10.7. The Hall–Kier alpha value is -2.11. The van der Waals surface area contributed by atoms with Crippen LogP contribution in [-0.4, -0.2) is 21.5 Å². The SMILES string of the molecule is Cc1oc2ncn(C)c(=O)c2c1C(=O)NC(C)CC12CC3CC(CC(C3)C1)C2. The number of carbonyl (C=O) groups is 1. The largest absolute Gasteiger partial charge is 0.442 e. The van der Waals surface area contributed by atoms with Crippen LogP contribution in [0.3, 0.4) is 0 Å². The maximum Gasteiger partial charge on any atom is 0.265 e. The van der Waals surface area contributed by atoms with Crippen LogP contribution < -0.4 is 10.9 Å². The van der Waals surface area contributed by atoms with Crippen molar-refractivity contribution in [1.29, 1.82) is 0 Å². The predicted molar refractivity (Wildman–Crippen MR) is 106 cm³/mol. The lowest BCUT2D eigenvalue weighted by Gasteiger charge is -2.57. The summed E-state index contributed by atoms with van der Waals surface area (Å²) in [7, 11) is 1.63. The molecule has 4 saturated carbocycles. The van der Waals surface area contributed by atoms with Gasteiger partial charge in [-0.25, -0.2) is 4.98 Å². The fourth-order valence-electron chi connectivity index (χ4n) is 7.00. The summed E-state index contributed by atoms with van der Waals surface area (Å²) >= 11 is 0. The van der Waals surface area contributed by atoms with Gasteiger partial charge in [0.15, 0.2) is 0 Å². The van der Waals surface area contributed by atoms with Gasteiger partial charge < -0.3 is 14.3 Å². The maximum absolute atomic E-state index is 13.1. The molecule has 6 heteroatoms. The van der Waals surface area contributed by atoms with Crippen molar-refractivity contribution in [2.75, 3.05) is 0 Å². The van der Waals surface area contributed by atoms with E-state index in [4.69, 9.17) is 4.42 Å². The quantitative estimate of drug-likeness (QED) is 0.876. The van der Waals surface area contributed by atoms with Crippen LogP contribution in [0, 0.1) is 30.1 Å². The van der Waals surface area contributed by atoms with Crippen molar-refractivity contribution in [3.8, 4) is 0 Å². The van der Waals surface area contributed by atoms with Gasteiger partial charge in [-0.3, -0.25) is 9.59 Å². The molecular formula is C22H29N3O3. The fraction of sp³-hybridized carbons (Fsp3) is 0.682. The Morgan fingerprint density at radius 3 is 2.50 bits per heavy atom. The molecule has 0 aromatic carbocycles. The molecule has 1 amide bonds. The van der Waals surface area contributed by atoms with E-state index in [1.807, 2.05) is 0 Å². The van der Waals surface area contributed by atoms with Crippen LogP contribution in [0.15, 0.2) is 15.5 Å². The summed E-state index contributed by atoms with van der Waals surface area (Å²) in [5.41, 5.74) is 0.730. The molecule has 1 unspecified atom stereocenters. The Kier molecular flexibility index (Phi) is 3.97. The Bertz CT molecular complexity index is 967. The van der Waals surface area contributed by atoms with E-state index < -0.39 is 0 Å². The van der Waals surface area contributed by atoms with Gasteiger partial charge in [-0.2, -0.15) is 0 Å². The first-order valence-electron chi connectivity index (χ1n) is 10.6. The second kappa shape index (κ2) is 6.19. The second-order valence-corrected chi connectivity index (χ2v) is 9.87. The molecule has 2 aromatic rings. The number of nitrogens with one attached hydrogen (secondary N) is 1. The van der Waals surface area contributed by atoms with E-state index in [2.05, 4.69) is 17.2 Å². The normalized spacial score (nSPS) is 32.0. The minimum absolute atomic E-state index is 0.0774. The monoisotopic (exact) mass is 383 g/mol. The number of amides is 1. The molecule has 4 bridgehead atoms. The van der Waals surface area contributed by atoms with Crippen LogP contribution in [0.2, 0.25) is 0 Å². The molecule has 6 rings (SSSR count). The summed E-state index contributed by atoms with van der Waals surface area (Å²) in [5.74, 6) is 2.94. The van der Waals surface area contributed by atoms with Crippen molar-refractivity contribution >= 4 is 17.0 Å². The molecule has 4 aliphatic carbocycles. The van der Waals surface area contributed by atoms with Crippen molar-refractivity contribution in [2.24, 2.45) is 30.2 Å². The summed E-state index contributed by atoms with van der Waals surface area (Å²) in [5, 5.41) is 3.44. The van der Waals surface area contributed by atoms with E-state index in [0.717, 1.165) is 24.2 Å². The Morgan fingerprint density at radius 1 is 1.29 bits per heavy atom. The lowest BCUT2D eigenvalue weighted by molar-refractivity contribution is -0.0607. The van der Waals surface area contributed by atoms with Gasteiger partial charge in [0.1, 0.15) is 17.5 Å².